The smallest absolute Gasteiger partial charge is 1.00 e. The molecule has 1 radical (unpaired) electrons. The first-order chi connectivity index (χ1) is 8.49. The second-order valence-corrected chi connectivity index (χ2v) is 0.447. The van der Waals surface area contributed by atoms with Gasteiger partial charge in [0.05, 0.1) is 0 Å². The minimum absolute atomic E-state index is 0. The summed E-state index contributed by atoms with van der Waals surface area (Å²) in [6, 6.07) is 0. The van der Waals surface area contributed by atoms with Crippen LogP contribution in [0.1, 0.15) is 5.71 Å². The summed E-state index contributed by atoms with van der Waals surface area (Å²) in [5.41, 5.74) is 0. The van der Waals surface area contributed by atoms with Crippen LogP contribution in [0.15, 0.2) is 32.0 Å². The van der Waals surface area contributed by atoms with Crippen LogP contribution in [0.3, 0.4) is 0 Å². The molecule has 125 valence electrons. The fourth-order valence-electron chi connectivity index (χ4n) is 0. The van der Waals surface area contributed by atoms with Crippen LogP contribution >= 0.6 is 0 Å². The monoisotopic (exact) mass is 581 g/mol. The summed E-state index contributed by atoms with van der Waals surface area (Å²) in [7, 11) is 0. The third kappa shape index (κ3) is 3920. The topological polar surface area (TPSA) is 315 Å². The molecule has 0 aromatic carbocycles. The zero-order valence-corrected chi connectivity index (χ0v) is 23.4. The predicted octanol–water partition coefficient (Wildman–Crippen LogP) is -10.0. The van der Waals surface area contributed by atoms with E-state index in [2.05, 4.69) is 0 Å². The molecule has 18 nitrogen and oxygen atoms in total. The molecular weight excluding hydrogens is 576 g/mol. The van der Waals surface area contributed by atoms with Gasteiger partial charge in [0.1, 0.15) is 0 Å². The predicted molar refractivity (Wildman–Crippen MR) is 59.4 cm³/mol. The maximum absolute atomic E-state index is 8.00. The third-order valence-corrected chi connectivity index (χ3v) is 0. The Morgan fingerprint density at radius 2 is 0.435 bits per heavy atom. The summed E-state index contributed by atoms with van der Waals surface area (Å²) in [4.78, 5) is 48.0. The van der Waals surface area contributed by atoms with Gasteiger partial charge in [-0.1, -0.05) is 0 Å². The second-order valence-electron chi connectivity index (χ2n) is 0.447. The Labute approximate surface area is 254 Å². The molecule has 0 heterocycles. The van der Waals surface area contributed by atoms with Crippen molar-refractivity contribution in [3.05, 3.63) is 60.7 Å². The summed E-state index contributed by atoms with van der Waals surface area (Å²) in [5, 5.41) is 54.0. The third-order valence-electron chi connectivity index (χ3n) is 0. The van der Waals surface area contributed by atoms with Crippen molar-refractivity contribution < 1.29 is 166 Å². The summed E-state index contributed by atoms with van der Waals surface area (Å²) >= 11 is 0. The van der Waals surface area contributed by atoms with Crippen LogP contribution in [0.4, 0.5) is 0 Å². The Kier molecular flexibility index (Phi) is 663. The molecule has 0 aromatic rings. The largest absolute Gasteiger partial charge is 1.00 e. The SMILES string of the molecule is O=N[O-].O=N[O-].O=N[O-].O=N[O-].O=N[O-].O=N[O-].[H-].[H-].[H-].[H-].[Ir].[K+].[Na+].[Na+].[Na+]. The van der Waals surface area contributed by atoms with Gasteiger partial charge in [-0.05, 0) is 0 Å². The van der Waals surface area contributed by atoms with E-state index in [1.165, 1.54) is 0 Å². The zero-order chi connectivity index (χ0) is 16.2. The van der Waals surface area contributed by atoms with E-state index in [0.29, 0.717) is 0 Å². The van der Waals surface area contributed by atoms with Crippen molar-refractivity contribution >= 4 is 0 Å². The molecule has 0 aliphatic carbocycles. The Hall–Kier alpha value is 1.69. The van der Waals surface area contributed by atoms with E-state index in [9.17, 15) is 0 Å². The Balaban J connectivity index is -0.00000000462. The van der Waals surface area contributed by atoms with Gasteiger partial charge in [0.25, 0.3) is 0 Å². The fraction of sp³-hybridized carbons (Fsp3) is 0. The van der Waals surface area contributed by atoms with Crippen molar-refractivity contribution in [2.75, 3.05) is 0 Å². The fourth-order valence-corrected chi connectivity index (χ4v) is 0. The summed E-state index contributed by atoms with van der Waals surface area (Å²) in [5.74, 6) is 0. The molecule has 0 atom stereocenters. The van der Waals surface area contributed by atoms with E-state index in [1.54, 1.807) is 0 Å². The van der Waals surface area contributed by atoms with Crippen LogP contribution in [-0.4, -0.2) is 0 Å². The quantitative estimate of drug-likeness (QED) is 0.146. The van der Waals surface area contributed by atoms with Gasteiger partial charge in [-0.25, -0.2) is 0 Å². The van der Waals surface area contributed by atoms with Crippen LogP contribution in [0, 0.1) is 60.7 Å². The molecule has 0 aliphatic heterocycles. The van der Waals surface area contributed by atoms with Crippen molar-refractivity contribution in [1.82, 2.24) is 0 Å². The van der Waals surface area contributed by atoms with E-state index < -0.39 is 0 Å². The standard InChI is InChI=1S/Ir.K.6HNO2.3Na.4H/c;;6*2-1-3;;;;;;;/h;;6*(H,2,3);;;;;;;/q;+1;;;;;;;3*+1;4*-1/p-6. The van der Waals surface area contributed by atoms with Crippen molar-refractivity contribution in [2.24, 2.45) is 32.0 Å². The summed E-state index contributed by atoms with van der Waals surface area (Å²) < 4.78 is 0. The summed E-state index contributed by atoms with van der Waals surface area (Å²) in [6.07, 6.45) is 0. The van der Waals surface area contributed by atoms with E-state index >= 15 is 0 Å². The molecule has 0 saturated heterocycles. The van der Waals surface area contributed by atoms with E-state index in [1.807, 2.05) is 0 Å². The maximum atomic E-state index is 8.00. The van der Waals surface area contributed by atoms with E-state index in [-0.39, 0.29) is 166 Å². The first-order valence-corrected chi connectivity index (χ1v) is 2.19. The van der Waals surface area contributed by atoms with E-state index in [4.69, 9.17) is 60.7 Å². The molecule has 0 rings (SSSR count). The average Bonchev–Trinajstić information content (AvgIpc) is 2.23. The Bertz CT molecular complexity index is 149. The Morgan fingerprint density at radius 3 is 0.435 bits per heavy atom. The zero-order valence-electron chi connectivity index (χ0n) is 15.9. The van der Waals surface area contributed by atoms with Crippen molar-refractivity contribution in [3.8, 4) is 0 Å². The minimum atomic E-state index is 0. The van der Waals surface area contributed by atoms with Crippen LogP contribution in [0.5, 0.6) is 0 Å². The molecule has 0 fully saturated rings. The molecule has 23 heavy (non-hydrogen) atoms. The Morgan fingerprint density at radius 1 is 0.435 bits per heavy atom. The van der Waals surface area contributed by atoms with Crippen LogP contribution in [-0.2, 0) is 20.1 Å². The molecule has 0 N–H and O–H groups in total. The van der Waals surface area contributed by atoms with Gasteiger partial charge < -0.3 is 66.4 Å². The molecule has 0 amide bonds. The van der Waals surface area contributed by atoms with Gasteiger partial charge in [-0.3, -0.25) is 0 Å². The van der Waals surface area contributed by atoms with Crippen molar-refractivity contribution in [2.45, 2.75) is 0 Å². The van der Waals surface area contributed by atoms with Gasteiger partial charge >= 0.3 is 140 Å². The van der Waals surface area contributed by atoms with Gasteiger partial charge in [0.15, 0.2) is 0 Å². The molecular formula is H4IrKN6Na3O12-6. The van der Waals surface area contributed by atoms with Crippen LogP contribution < -0.4 is 140 Å². The first-order valence-electron chi connectivity index (χ1n) is 2.19. The second kappa shape index (κ2) is 206. The van der Waals surface area contributed by atoms with Gasteiger partial charge in [0, 0.05) is 20.1 Å². The van der Waals surface area contributed by atoms with Crippen LogP contribution in [0.25, 0.3) is 0 Å². The molecule has 23 heteroatoms. The normalized spacial score (nSPS) is 3.13. The molecule has 0 aromatic heterocycles. The van der Waals surface area contributed by atoms with Crippen molar-refractivity contribution in [1.29, 1.82) is 0 Å². The summed E-state index contributed by atoms with van der Waals surface area (Å²) in [6.45, 7) is 0. The minimum Gasteiger partial charge on any atom is -1.00 e. The van der Waals surface area contributed by atoms with Gasteiger partial charge in [-0.15, -0.1) is 32.0 Å². The van der Waals surface area contributed by atoms with Crippen molar-refractivity contribution in [3.63, 3.8) is 0 Å². The molecule has 0 spiro atoms. The van der Waals surface area contributed by atoms with E-state index in [0.717, 1.165) is 32.0 Å². The first kappa shape index (κ1) is 73.9. The number of hydrogen-bond acceptors (Lipinski definition) is 18. The molecule has 0 aliphatic rings. The average molecular weight is 580 g/mol. The number of rotatable bonds is 0. The molecule has 0 saturated carbocycles. The molecule has 0 unspecified atom stereocenters. The number of hydrogen-bond donors (Lipinski definition) is 0. The molecule has 0 bridgehead atoms. The van der Waals surface area contributed by atoms with Gasteiger partial charge in [-0.2, -0.15) is 0 Å². The van der Waals surface area contributed by atoms with Gasteiger partial charge in [0.2, 0.25) is 0 Å². The van der Waals surface area contributed by atoms with Crippen LogP contribution in [0.2, 0.25) is 0 Å². The maximum Gasteiger partial charge on any atom is 1.00 e. The number of nitrogens with zero attached hydrogens (tertiary/aromatic N) is 6.